The van der Waals surface area contributed by atoms with Gasteiger partial charge in [-0.3, -0.25) is 0 Å². The number of aromatic nitrogens is 4. The molecule has 2 aromatic heterocycles. The first-order valence-electron chi connectivity index (χ1n) is 9.73. The molecule has 1 atom stereocenters. The zero-order valence-electron chi connectivity index (χ0n) is 16.1. The van der Waals surface area contributed by atoms with Crippen molar-refractivity contribution < 1.29 is 4.74 Å². The summed E-state index contributed by atoms with van der Waals surface area (Å²) < 4.78 is 7.34. The molecule has 7 nitrogen and oxygen atoms in total. The van der Waals surface area contributed by atoms with E-state index in [1.54, 1.807) is 10.8 Å². The number of rotatable bonds is 5. The van der Waals surface area contributed by atoms with Crippen LogP contribution in [0.5, 0.6) is 0 Å². The molecule has 0 radical (unpaired) electrons. The number of anilines is 1. The van der Waals surface area contributed by atoms with Gasteiger partial charge >= 0.3 is 0 Å². The van der Waals surface area contributed by atoms with E-state index in [1.807, 2.05) is 13.2 Å². The second-order valence-electron chi connectivity index (χ2n) is 8.41. The number of hydrogen-bond donors (Lipinski definition) is 0. The molecule has 2 saturated heterocycles. The van der Waals surface area contributed by atoms with Crippen molar-refractivity contribution in [1.29, 1.82) is 0 Å². The SMILES string of the molecule is COC[C@H]1CN(CC(C)C)CC12CCN(c1ccc3nncn3n1)CC2. The summed E-state index contributed by atoms with van der Waals surface area (Å²) in [6.07, 6.45) is 4.08. The molecule has 2 aliphatic rings. The van der Waals surface area contributed by atoms with Crippen molar-refractivity contribution in [1.82, 2.24) is 24.7 Å². The van der Waals surface area contributed by atoms with Crippen LogP contribution in [-0.4, -0.2) is 71.2 Å². The lowest BCUT2D eigenvalue weighted by Crippen LogP contribution is -2.45. The number of nitrogens with zero attached hydrogens (tertiary/aromatic N) is 6. The number of fused-ring (bicyclic) bond motifs is 1. The summed E-state index contributed by atoms with van der Waals surface area (Å²) in [6, 6.07) is 4.06. The van der Waals surface area contributed by atoms with Gasteiger partial charge in [-0.05, 0) is 36.3 Å². The van der Waals surface area contributed by atoms with Crippen molar-refractivity contribution in [3.05, 3.63) is 18.5 Å². The normalized spacial score (nSPS) is 23.5. The van der Waals surface area contributed by atoms with Crippen molar-refractivity contribution in [3.63, 3.8) is 0 Å². The maximum absolute atomic E-state index is 5.59. The Morgan fingerprint density at radius 1 is 1.27 bits per heavy atom. The van der Waals surface area contributed by atoms with Gasteiger partial charge in [0.2, 0.25) is 0 Å². The first kappa shape index (κ1) is 17.7. The van der Waals surface area contributed by atoms with Crippen LogP contribution in [0.4, 0.5) is 5.82 Å². The Morgan fingerprint density at radius 3 is 2.81 bits per heavy atom. The molecule has 2 fully saturated rings. The summed E-state index contributed by atoms with van der Waals surface area (Å²) in [4.78, 5) is 5.06. The van der Waals surface area contributed by atoms with Gasteiger partial charge < -0.3 is 14.5 Å². The summed E-state index contributed by atoms with van der Waals surface area (Å²) in [5.74, 6) is 2.38. The van der Waals surface area contributed by atoms with E-state index in [-0.39, 0.29) is 0 Å². The van der Waals surface area contributed by atoms with Crippen molar-refractivity contribution in [2.75, 3.05) is 51.3 Å². The minimum Gasteiger partial charge on any atom is -0.384 e. The minimum atomic E-state index is 0.391. The Kier molecular flexibility index (Phi) is 4.84. The third-order valence-corrected chi connectivity index (χ3v) is 6.11. The topological polar surface area (TPSA) is 58.8 Å². The molecule has 0 unspecified atom stereocenters. The Labute approximate surface area is 155 Å². The maximum atomic E-state index is 5.59. The Bertz CT molecular complexity index is 736. The average molecular weight is 358 g/mol. The molecule has 0 saturated carbocycles. The van der Waals surface area contributed by atoms with Gasteiger partial charge in [0.1, 0.15) is 12.1 Å². The van der Waals surface area contributed by atoms with Crippen LogP contribution in [0.2, 0.25) is 0 Å². The highest BCUT2D eigenvalue weighted by atomic mass is 16.5. The van der Waals surface area contributed by atoms with E-state index in [4.69, 9.17) is 4.74 Å². The minimum absolute atomic E-state index is 0.391. The highest BCUT2D eigenvalue weighted by Gasteiger charge is 2.47. The second kappa shape index (κ2) is 7.12. The highest BCUT2D eigenvalue weighted by molar-refractivity contribution is 5.45. The van der Waals surface area contributed by atoms with Crippen LogP contribution < -0.4 is 4.90 Å². The summed E-state index contributed by atoms with van der Waals surface area (Å²) in [5, 5.41) is 12.6. The molecule has 2 aliphatic heterocycles. The van der Waals surface area contributed by atoms with Crippen LogP contribution in [0, 0.1) is 17.3 Å². The van der Waals surface area contributed by atoms with Gasteiger partial charge in [0.15, 0.2) is 5.65 Å². The molecule has 4 rings (SSSR count). The highest BCUT2D eigenvalue weighted by Crippen LogP contribution is 2.45. The summed E-state index contributed by atoms with van der Waals surface area (Å²) in [6.45, 7) is 11.2. The van der Waals surface area contributed by atoms with E-state index in [0.29, 0.717) is 17.3 Å². The molecule has 0 bridgehead atoms. The molecule has 7 heteroatoms. The van der Waals surface area contributed by atoms with Crippen molar-refractivity contribution in [3.8, 4) is 0 Å². The molecule has 0 N–H and O–H groups in total. The molecular formula is C19H30N6O. The van der Waals surface area contributed by atoms with Gasteiger partial charge in [-0.15, -0.1) is 15.3 Å². The molecule has 2 aromatic rings. The monoisotopic (exact) mass is 358 g/mol. The van der Waals surface area contributed by atoms with Gasteiger partial charge in [-0.2, -0.15) is 4.52 Å². The largest absolute Gasteiger partial charge is 0.384 e. The number of methoxy groups -OCH3 is 1. The van der Waals surface area contributed by atoms with Crippen LogP contribution in [0.1, 0.15) is 26.7 Å². The molecule has 0 aromatic carbocycles. The molecule has 26 heavy (non-hydrogen) atoms. The Morgan fingerprint density at radius 2 is 2.08 bits per heavy atom. The average Bonchev–Trinajstić information content (AvgIpc) is 3.20. The van der Waals surface area contributed by atoms with E-state index in [1.165, 1.54) is 32.5 Å². The van der Waals surface area contributed by atoms with E-state index in [9.17, 15) is 0 Å². The fourth-order valence-electron chi connectivity index (χ4n) is 4.87. The lowest BCUT2D eigenvalue weighted by Gasteiger charge is -2.43. The summed E-state index contributed by atoms with van der Waals surface area (Å²) in [7, 11) is 1.84. The van der Waals surface area contributed by atoms with Crippen LogP contribution >= 0.6 is 0 Å². The van der Waals surface area contributed by atoms with E-state index >= 15 is 0 Å². The van der Waals surface area contributed by atoms with Crippen molar-refractivity contribution in [2.45, 2.75) is 26.7 Å². The first-order valence-corrected chi connectivity index (χ1v) is 9.73. The molecule has 0 aliphatic carbocycles. The quantitative estimate of drug-likeness (QED) is 0.814. The Hall–Kier alpha value is -1.73. The van der Waals surface area contributed by atoms with Gasteiger partial charge in [-0.1, -0.05) is 13.8 Å². The second-order valence-corrected chi connectivity index (χ2v) is 8.41. The van der Waals surface area contributed by atoms with E-state index < -0.39 is 0 Å². The zero-order chi connectivity index (χ0) is 18.1. The fourth-order valence-corrected chi connectivity index (χ4v) is 4.87. The summed E-state index contributed by atoms with van der Waals surface area (Å²) in [5.41, 5.74) is 1.18. The molecule has 1 spiro atoms. The van der Waals surface area contributed by atoms with Crippen molar-refractivity contribution >= 4 is 11.5 Å². The standard InChI is InChI=1S/C19H30N6O/c1-15(2)10-23-11-16(12-26-3)19(13-23)6-8-24(9-7-19)18-5-4-17-21-20-14-25(17)22-18/h4-5,14-16H,6-13H2,1-3H3/t16-/m1/s1. The first-order chi connectivity index (χ1) is 12.6. The predicted octanol–water partition coefficient (Wildman–Crippen LogP) is 1.95. The summed E-state index contributed by atoms with van der Waals surface area (Å²) >= 11 is 0. The predicted molar refractivity (Wildman–Crippen MR) is 101 cm³/mol. The molecule has 4 heterocycles. The van der Waals surface area contributed by atoms with Gasteiger partial charge in [0, 0.05) is 45.8 Å². The zero-order valence-corrected chi connectivity index (χ0v) is 16.1. The fraction of sp³-hybridized carbons (Fsp3) is 0.737. The number of hydrogen-bond acceptors (Lipinski definition) is 6. The number of likely N-dealkylation sites (tertiary alicyclic amines) is 1. The van der Waals surface area contributed by atoms with Gasteiger partial charge in [0.25, 0.3) is 0 Å². The molecular weight excluding hydrogens is 328 g/mol. The van der Waals surface area contributed by atoms with Crippen molar-refractivity contribution in [2.24, 2.45) is 17.3 Å². The van der Waals surface area contributed by atoms with E-state index in [0.717, 1.165) is 31.2 Å². The third kappa shape index (κ3) is 3.30. The van der Waals surface area contributed by atoms with Crippen LogP contribution in [0.25, 0.3) is 5.65 Å². The smallest absolute Gasteiger partial charge is 0.177 e. The lowest BCUT2D eigenvalue weighted by molar-refractivity contribution is 0.0761. The number of piperidine rings is 1. The molecule has 142 valence electrons. The number of ether oxygens (including phenoxy) is 1. The van der Waals surface area contributed by atoms with Crippen LogP contribution in [0.3, 0.4) is 0 Å². The van der Waals surface area contributed by atoms with Crippen LogP contribution in [0.15, 0.2) is 18.5 Å². The third-order valence-electron chi connectivity index (χ3n) is 6.11. The van der Waals surface area contributed by atoms with Gasteiger partial charge in [0.05, 0.1) is 6.61 Å². The Balaban J connectivity index is 1.46. The lowest BCUT2D eigenvalue weighted by atomic mass is 9.71. The molecule has 0 amide bonds. The van der Waals surface area contributed by atoms with E-state index in [2.05, 4.69) is 45.0 Å². The van der Waals surface area contributed by atoms with Gasteiger partial charge in [-0.25, -0.2) is 0 Å². The van der Waals surface area contributed by atoms with Crippen LogP contribution in [-0.2, 0) is 4.74 Å². The maximum Gasteiger partial charge on any atom is 0.177 e.